The summed E-state index contributed by atoms with van der Waals surface area (Å²) in [5.41, 5.74) is 8.35. The van der Waals surface area contributed by atoms with Gasteiger partial charge in [-0.1, -0.05) is 35.9 Å². The first-order chi connectivity index (χ1) is 11.1. The molecule has 23 heavy (non-hydrogen) atoms. The Morgan fingerprint density at radius 1 is 1.22 bits per heavy atom. The molecule has 1 aliphatic heterocycles. The Labute approximate surface area is 131 Å². The highest BCUT2D eigenvalue weighted by atomic mass is 16.4. The van der Waals surface area contributed by atoms with Crippen LogP contribution in [-0.4, -0.2) is 10.9 Å². The standard InChI is InChI=1S/C18H14N2O3/c1-9-6-7-13-12(8-9)16(21)14(18(22)23-13)15-10-4-2-3-5-11(10)17(19)20-15/h2-8,15,21H,1H3,(H2,19,20). The molecular weight excluding hydrogens is 292 g/mol. The highest BCUT2D eigenvalue weighted by Crippen LogP contribution is 2.39. The molecule has 0 saturated carbocycles. The Balaban J connectivity index is 2.02. The number of amidine groups is 1. The number of aliphatic imine (C=N–C) groups is 1. The Morgan fingerprint density at radius 3 is 2.83 bits per heavy atom. The molecule has 5 heteroatoms. The largest absolute Gasteiger partial charge is 0.507 e. The first kappa shape index (κ1) is 13.6. The van der Waals surface area contributed by atoms with Crippen LogP contribution in [0.3, 0.4) is 0 Å². The van der Waals surface area contributed by atoms with Crippen LogP contribution in [0.25, 0.3) is 11.0 Å². The minimum Gasteiger partial charge on any atom is -0.507 e. The molecule has 0 fully saturated rings. The zero-order chi connectivity index (χ0) is 16.1. The van der Waals surface area contributed by atoms with Crippen molar-refractivity contribution in [3.05, 3.63) is 75.1 Å². The van der Waals surface area contributed by atoms with Crippen molar-refractivity contribution < 1.29 is 9.52 Å². The maximum atomic E-state index is 12.4. The lowest BCUT2D eigenvalue weighted by Gasteiger charge is -2.12. The van der Waals surface area contributed by atoms with Crippen LogP contribution in [0.15, 0.2) is 56.7 Å². The maximum absolute atomic E-state index is 12.4. The third-order valence-corrected chi connectivity index (χ3v) is 4.14. The van der Waals surface area contributed by atoms with Crippen LogP contribution in [0.5, 0.6) is 5.75 Å². The molecule has 114 valence electrons. The normalized spacial score (nSPS) is 16.4. The second-order valence-corrected chi connectivity index (χ2v) is 5.66. The molecule has 1 aromatic heterocycles. The smallest absolute Gasteiger partial charge is 0.345 e. The van der Waals surface area contributed by atoms with Crippen molar-refractivity contribution >= 4 is 16.8 Å². The number of hydrogen-bond donors (Lipinski definition) is 2. The topological polar surface area (TPSA) is 88.8 Å². The van der Waals surface area contributed by atoms with Gasteiger partial charge in [0.15, 0.2) is 0 Å². The van der Waals surface area contributed by atoms with Crippen molar-refractivity contribution in [2.75, 3.05) is 0 Å². The van der Waals surface area contributed by atoms with E-state index < -0.39 is 11.7 Å². The van der Waals surface area contributed by atoms with Crippen molar-refractivity contribution in [3.63, 3.8) is 0 Å². The van der Waals surface area contributed by atoms with Crippen LogP contribution in [0.2, 0.25) is 0 Å². The van der Waals surface area contributed by atoms with Crippen molar-refractivity contribution in [2.24, 2.45) is 10.7 Å². The van der Waals surface area contributed by atoms with E-state index in [0.29, 0.717) is 16.8 Å². The second kappa shape index (κ2) is 4.71. The van der Waals surface area contributed by atoms with Gasteiger partial charge in [0.1, 0.15) is 28.8 Å². The van der Waals surface area contributed by atoms with E-state index in [-0.39, 0.29) is 11.3 Å². The van der Waals surface area contributed by atoms with Crippen LogP contribution >= 0.6 is 0 Å². The summed E-state index contributed by atoms with van der Waals surface area (Å²) >= 11 is 0. The van der Waals surface area contributed by atoms with E-state index in [1.165, 1.54) is 0 Å². The molecule has 0 amide bonds. The van der Waals surface area contributed by atoms with Crippen molar-refractivity contribution in [3.8, 4) is 5.75 Å². The minimum atomic E-state index is -0.646. The molecule has 1 unspecified atom stereocenters. The Hall–Kier alpha value is -3.08. The van der Waals surface area contributed by atoms with Gasteiger partial charge >= 0.3 is 5.63 Å². The summed E-state index contributed by atoms with van der Waals surface area (Å²) < 4.78 is 5.37. The van der Waals surface area contributed by atoms with E-state index >= 15 is 0 Å². The molecule has 5 nitrogen and oxygen atoms in total. The van der Waals surface area contributed by atoms with Gasteiger partial charge in [0, 0.05) is 5.56 Å². The monoisotopic (exact) mass is 306 g/mol. The van der Waals surface area contributed by atoms with Gasteiger partial charge in [0.05, 0.1) is 5.39 Å². The lowest BCUT2D eigenvalue weighted by atomic mass is 9.97. The number of hydrogen-bond acceptors (Lipinski definition) is 5. The van der Waals surface area contributed by atoms with E-state index in [1.54, 1.807) is 12.1 Å². The first-order valence-electron chi connectivity index (χ1n) is 7.25. The Morgan fingerprint density at radius 2 is 2.00 bits per heavy atom. The molecule has 2 aromatic carbocycles. The Bertz CT molecular complexity index is 1030. The maximum Gasteiger partial charge on any atom is 0.345 e. The summed E-state index contributed by atoms with van der Waals surface area (Å²) in [6.45, 7) is 1.91. The number of nitrogens with two attached hydrogens (primary N) is 1. The summed E-state index contributed by atoms with van der Waals surface area (Å²) in [7, 11) is 0. The van der Waals surface area contributed by atoms with Crippen molar-refractivity contribution in [2.45, 2.75) is 13.0 Å². The molecule has 3 aromatic rings. The third kappa shape index (κ3) is 1.93. The van der Waals surface area contributed by atoms with Gasteiger partial charge in [-0.15, -0.1) is 0 Å². The van der Waals surface area contributed by atoms with Gasteiger partial charge in [-0.2, -0.15) is 0 Å². The zero-order valence-electron chi connectivity index (χ0n) is 12.4. The predicted molar refractivity (Wildman–Crippen MR) is 87.9 cm³/mol. The zero-order valence-corrected chi connectivity index (χ0v) is 12.4. The SMILES string of the molecule is Cc1ccc2oc(=O)c(C3N=C(N)c4ccccc43)c(O)c2c1. The molecule has 0 saturated heterocycles. The lowest BCUT2D eigenvalue weighted by molar-refractivity contribution is 0.453. The molecular formula is C18H14N2O3. The highest BCUT2D eigenvalue weighted by molar-refractivity contribution is 6.02. The number of aryl methyl sites for hydroxylation is 1. The van der Waals surface area contributed by atoms with Gasteiger partial charge in [-0.3, -0.25) is 4.99 Å². The van der Waals surface area contributed by atoms with Crippen LogP contribution in [0.1, 0.15) is 28.3 Å². The molecule has 1 aliphatic rings. The van der Waals surface area contributed by atoms with Gasteiger partial charge in [-0.05, 0) is 24.6 Å². The molecule has 3 N–H and O–H groups in total. The summed E-state index contributed by atoms with van der Waals surface area (Å²) in [4.78, 5) is 16.8. The molecule has 0 radical (unpaired) electrons. The number of aromatic hydroxyl groups is 1. The fourth-order valence-electron chi connectivity index (χ4n) is 3.02. The number of fused-ring (bicyclic) bond motifs is 2. The second-order valence-electron chi connectivity index (χ2n) is 5.66. The van der Waals surface area contributed by atoms with Crippen LogP contribution in [-0.2, 0) is 0 Å². The molecule has 4 rings (SSSR count). The average molecular weight is 306 g/mol. The van der Waals surface area contributed by atoms with E-state index in [4.69, 9.17) is 10.2 Å². The van der Waals surface area contributed by atoms with Gasteiger partial charge in [0.25, 0.3) is 0 Å². The highest BCUT2D eigenvalue weighted by Gasteiger charge is 2.30. The van der Waals surface area contributed by atoms with Crippen LogP contribution < -0.4 is 11.4 Å². The van der Waals surface area contributed by atoms with Crippen LogP contribution in [0.4, 0.5) is 0 Å². The first-order valence-corrected chi connectivity index (χ1v) is 7.25. The van der Waals surface area contributed by atoms with Gasteiger partial charge in [-0.25, -0.2) is 4.79 Å². The summed E-state index contributed by atoms with van der Waals surface area (Å²) in [6, 6.07) is 12.0. The molecule has 0 aliphatic carbocycles. The molecule has 0 bridgehead atoms. The molecule has 1 atom stereocenters. The van der Waals surface area contributed by atoms with E-state index in [0.717, 1.165) is 16.7 Å². The van der Waals surface area contributed by atoms with Gasteiger partial charge < -0.3 is 15.3 Å². The quantitative estimate of drug-likeness (QED) is 0.676. The van der Waals surface area contributed by atoms with Crippen molar-refractivity contribution in [1.82, 2.24) is 0 Å². The summed E-state index contributed by atoms with van der Waals surface area (Å²) in [5.74, 6) is 0.256. The van der Waals surface area contributed by atoms with E-state index in [1.807, 2.05) is 37.3 Å². The number of rotatable bonds is 1. The summed E-state index contributed by atoms with van der Waals surface area (Å²) in [5, 5.41) is 11.2. The van der Waals surface area contributed by atoms with E-state index in [2.05, 4.69) is 4.99 Å². The average Bonchev–Trinajstić information content (AvgIpc) is 2.86. The number of benzene rings is 2. The lowest BCUT2D eigenvalue weighted by Crippen LogP contribution is -2.12. The molecule has 0 spiro atoms. The minimum absolute atomic E-state index is 0.0989. The fraction of sp³-hybridized carbons (Fsp3) is 0.111. The van der Waals surface area contributed by atoms with Gasteiger partial charge in [0.2, 0.25) is 0 Å². The molecule has 2 heterocycles. The third-order valence-electron chi connectivity index (χ3n) is 4.14. The summed E-state index contributed by atoms with van der Waals surface area (Å²) in [6.07, 6.45) is 0. The van der Waals surface area contributed by atoms with Crippen molar-refractivity contribution in [1.29, 1.82) is 0 Å². The fourth-order valence-corrected chi connectivity index (χ4v) is 3.02. The number of nitrogens with zero attached hydrogens (tertiary/aromatic N) is 1. The predicted octanol–water partition coefficient (Wildman–Crippen LogP) is 2.62. The van der Waals surface area contributed by atoms with E-state index in [9.17, 15) is 9.90 Å². The Kier molecular flexibility index (Phi) is 2.78. The van der Waals surface area contributed by atoms with Crippen LogP contribution in [0, 0.1) is 6.92 Å².